The van der Waals surface area contributed by atoms with Crippen LogP contribution in [0.4, 0.5) is 0 Å². The Morgan fingerprint density at radius 2 is 2.27 bits per heavy atom. The monoisotopic (exact) mass is 148 g/mol. The van der Waals surface area contributed by atoms with E-state index in [9.17, 15) is 0 Å². The Balaban J connectivity index is 3.09. The summed E-state index contributed by atoms with van der Waals surface area (Å²) in [6, 6.07) is 5.89. The Hall–Kier alpha value is -1.08. The zero-order valence-electron chi connectivity index (χ0n) is 6.67. The minimum atomic E-state index is 0.114. The Kier molecular flexibility index (Phi) is 2.44. The van der Waals surface area contributed by atoms with Crippen molar-refractivity contribution in [2.45, 2.75) is 13.5 Å². The van der Waals surface area contributed by atoms with Crippen molar-refractivity contribution in [2.24, 2.45) is 0 Å². The highest BCUT2D eigenvalue weighted by molar-refractivity contribution is 5.49. The highest BCUT2D eigenvalue weighted by Crippen LogP contribution is 2.11. The number of aryl methyl sites for hydroxylation is 1. The first kappa shape index (κ1) is 8.02. The predicted octanol–water partition coefficient (Wildman–Crippen LogP) is 2.13. The summed E-state index contributed by atoms with van der Waals surface area (Å²) in [5, 5.41) is 8.86. The van der Waals surface area contributed by atoms with E-state index in [-0.39, 0.29) is 6.61 Å². The highest BCUT2D eigenvalue weighted by atomic mass is 16.3. The van der Waals surface area contributed by atoms with Gasteiger partial charge in [0.05, 0.1) is 6.61 Å². The summed E-state index contributed by atoms with van der Waals surface area (Å²) in [5.41, 5.74) is 3.19. The molecule has 1 aromatic rings. The van der Waals surface area contributed by atoms with Gasteiger partial charge in [0.15, 0.2) is 0 Å². The third-order valence-corrected chi connectivity index (χ3v) is 1.77. The molecular formula is C10H12O. The van der Waals surface area contributed by atoms with Crippen LogP contribution in [-0.4, -0.2) is 5.11 Å². The van der Waals surface area contributed by atoms with Crippen molar-refractivity contribution >= 4 is 6.08 Å². The molecule has 58 valence electrons. The number of hydrogen-bond acceptors (Lipinski definition) is 1. The van der Waals surface area contributed by atoms with Crippen molar-refractivity contribution in [1.29, 1.82) is 0 Å². The topological polar surface area (TPSA) is 20.2 Å². The Labute approximate surface area is 67.0 Å². The molecule has 0 bridgehead atoms. The van der Waals surface area contributed by atoms with Crippen LogP contribution in [0, 0.1) is 6.92 Å². The van der Waals surface area contributed by atoms with E-state index in [1.165, 1.54) is 0 Å². The van der Waals surface area contributed by atoms with Crippen LogP contribution in [0.3, 0.4) is 0 Å². The molecule has 0 aromatic heterocycles. The summed E-state index contributed by atoms with van der Waals surface area (Å²) in [6.45, 7) is 5.76. The molecule has 1 aromatic carbocycles. The molecule has 0 fully saturated rings. The van der Waals surface area contributed by atoms with Gasteiger partial charge < -0.3 is 5.11 Å². The Bertz CT molecular complexity index is 264. The first-order chi connectivity index (χ1) is 5.27. The molecular weight excluding hydrogens is 136 g/mol. The fraction of sp³-hybridized carbons (Fsp3) is 0.200. The number of hydrogen-bond donors (Lipinski definition) is 1. The fourth-order valence-corrected chi connectivity index (χ4v) is 1.02. The molecule has 0 aliphatic rings. The molecule has 1 nitrogen and oxygen atoms in total. The molecule has 1 rings (SSSR count). The lowest BCUT2D eigenvalue weighted by atomic mass is 10.1. The van der Waals surface area contributed by atoms with Gasteiger partial charge >= 0.3 is 0 Å². The number of benzene rings is 1. The van der Waals surface area contributed by atoms with Gasteiger partial charge in [0.2, 0.25) is 0 Å². The van der Waals surface area contributed by atoms with Crippen LogP contribution in [0.2, 0.25) is 0 Å². The molecule has 0 unspecified atom stereocenters. The summed E-state index contributed by atoms with van der Waals surface area (Å²) in [7, 11) is 0. The molecule has 0 saturated carbocycles. The van der Waals surface area contributed by atoms with Crippen molar-refractivity contribution < 1.29 is 5.11 Å². The molecule has 0 aliphatic carbocycles. The van der Waals surface area contributed by atoms with Crippen LogP contribution in [0.15, 0.2) is 24.8 Å². The van der Waals surface area contributed by atoms with Crippen LogP contribution in [0.5, 0.6) is 0 Å². The lowest BCUT2D eigenvalue weighted by Gasteiger charge is -2.02. The molecule has 0 saturated heterocycles. The molecule has 1 heteroatoms. The highest BCUT2D eigenvalue weighted by Gasteiger charge is 1.95. The first-order valence-corrected chi connectivity index (χ1v) is 3.60. The van der Waals surface area contributed by atoms with Crippen LogP contribution in [-0.2, 0) is 6.61 Å². The molecule has 0 heterocycles. The lowest BCUT2D eigenvalue weighted by Crippen LogP contribution is -1.88. The van der Waals surface area contributed by atoms with Crippen LogP contribution >= 0.6 is 0 Å². The van der Waals surface area contributed by atoms with Gasteiger partial charge in [-0.3, -0.25) is 0 Å². The minimum Gasteiger partial charge on any atom is -0.392 e. The van der Waals surface area contributed by atoms with Gasteiger partial charge in [-0.2, -0.15) is 0 Å². The van der Waals surface area contributed by atoms with Crippen molar-refractivity contribution in [3.05, 3.63) is 41.5 Å². The normalized spacial score (nSPS) is 9.64. The van der Waals surface area contributed by atoms with E-state index in [1.807, 2.05) is 25.1 Å². The van der Waals surface area contributed by atoms with Gasteiger partial charge in [0.25, 0.3) is 0 Å². The van der Waals surface area contributed by atoms with E-state index >= 15 is 0 Å². The van der Waals surface area contributed by atoms with Gasteiger partial charge in [-0.15, -0.1) is 0 Å². The van der Waals surface area contributed by atoms with Crippen molar-refractivity contribution in [3.8, 4) is 0 Å². The van der Waals surface area contributed by atoms with E-state index in [0.717, 1.165) is 16.7 Å². The molecule has 11 heavy (non-hydrogen) atoms. The fourth-order valence-electron chi connectivity index (χ4n) is 1.02. The zero-order valence-corrected chi connectivity index (χ0v) is 6.67. The maximum Gasteiger partial charge on any atom is 0.0684 e. The minimum absolute atomic E-state index is 0.114. The van der Waals surface area contributed by atoms with Gasteiger partial charge in [-0.1, -0.05) is 30.9 Å². The smallest absolute Gasteiger partial charge is 0.0684 e. The predicted molar refractivity (Wildman–Crippen MR) is 47.2 cm³/mol. The van der Waals surface area contributed by atoms with Gasteiger partial charge in [0, 0.05) is 0 Å². The average Bonchev–Trinajstić information content (AvgIpc) is 2.04. The maximum atomic E-state index is 8.86. The summed E-state index contributed by atoms with van der Waals surface area (Å²) in [5.74, 6) is 0. The Morgan fingerprint density at radius 1 is 1.55 bits per heavy atom. The van der Waals surface area contributed by atoms with Crippen molar-refractivity contribution in [1.82, 2.24) is 0 Å². The van der Waals surface area contributed by atoms with Crippen molar-refractivity contribution in [2.75, 3.05) is 0 Å². The number of rotatable bonds is 2. The van der Waals surface area contributed by atoms with Crippen LogP contribution < -0.4 is 0 Å². The molecule has 0 aliphatic heterocycles. The summed E-state index contributed by atoms with van der Waals surface area (Å²) < 4.78 is 0. The van der Waals surface area contributed by atoms with E-state index in [4.69, 9.17) is 5.11 Å². The van der Waals surface area contributed by atoms with E-state index in [2.05, 4.69) is 6.58 Å². The van der Waals surface area contributed by atoms with E-state index in [0.29, 0.717) is 0 Å². The molecule has 0 amide bonds. The third-order valence-electron chi connectivity index (χ3n) is 1.77. The maximum absolute atomic E-state index is 8.86. The second kappa shape index (κ2) is 3.35. The van der Waals surface area contributed by atoms with Gasteiger partial charge in [0.1, 0.15) is 0 Å². The third kappa shape index (κ3) is 1.69. The summed E-state index contributed by atoms with van der Waals surface area (Å²) in [4.78, 5) is 0. The zero-order chi connectivity index (χ0) is 8.27. The van der Waals surface area contributed by atoms with Crippen molar-refractivity contribution in [3.63, 3.8) is 0 Å². The van der Waals surface area contributed by atoms with Gasteiger partial charge in [-0.25, -0.2) is 0 Å². The van der Waals surface area contributed by atoms with E-state index < -0.39 is 0 Å². The molecule has 0 spiro atoms. The average molecular weight is 148 g/mol. The second-order valence-corrected chi connectivity index (χ2v) is 2.55. The number of aliphatic hydroxyl groups excluding tert-OH is 1. The summed E-state index contributed by atoms with van der Waals surface area (Å²) >= 11 is 0. The van der Waals surface area contributed by atoms with Crippen LogP contribution in [0.25, 0.3) is 6.08 Å². The van der Waals surface area contributed by atoms with E-state index in [1.54, 1.807) is 6.08 Å². The van der Waals surface area contributed by atoms with Crippen LogP contribution in [0.1, 0.15) is 16.7 Å². The van der Waals surface area contributed by atoms with Gasteiger partial charge in [-0.05, 0) is 23.6 Å². The lowest BCUT2D eigenvalue weighted by molar-refractivity contribution is 0.281. The largest absolute Gasteiger partial charge is 0.392 e. The second-order valence-electron chi connectivity index (χ2n) is 2.55. The standard InChI is InChI=1S/C10H12O/c1-3-9-4-5-10(7-11)8(2)6-9/h3-6,11H,1,7H2,2H3. The first-order valence-electron chi connectivity index (χ1n) is 3.60. The SMILES string of the molecule is C=Cc1ccc(CO)c(C)c1. The number of aliphatic hydroxyl groups is 1. The molecule has 0 atom stereocenters. The summed E-state index contributed by atoms with van der Waals surface area (Å²) in [6.07, 6.45) is 1.80. The quantitative estimate of drug-likeness (QED) is 0.681. The Morgan fingerprint density at radius 3 is 2.73 bits per heavy atom. The molecule has 0 radical (unpaired) electrons. The molecule has 1 N–H and O–H groups in total.